The van der Waals surface area contributed by atoms with Crippen LogP contribution in [0.4, 0.5) is 0 Å². The van der Waals surface area contributed by atoms with E-state index >= 15 is 0 Å². The number of halogens is 2. The number of likely N-dealkylation sites (tertiary alicyclic amines) is 1. The molecule has 1 aliphatic rings. The first kappa shape index (κ1) is 18.9. The standard InChI is InChI=1S/C17H22Cl2N2O3/c1-11-3-4-14(9-12(11)2)24-10-15(22)20-13-5-7-21(8-6-13)17(23)16(18)19/h3-4,9,13,16H,5-8,10H2,1-2H3,(H,20,22). The van der Waals surface area contributed by atoms with Crippen molar-refractivity contribution in [2.75, 3.05) is 19.7 Å². The fraction of sp³-hybridized carbons (Fsp3) is 0.529. The number of benzene rings is 1. The Morgan fingerprint density at radius 1 is 1.25 bits per heavy atom. The van der Waals surface area contributed by atoms with Gasteiger partial charge < -0.3 is 15.0 Å². The van der Waals surface area contributed by atoms with Crippen molar-refractivity contribution >= 4 is 35.0 Å². The largest absolute Gasteiger partial charge is 0.484 e. The molecule has 0 aromatic heterocycles. The van der Waals surface area contributed by atoms with Gasteiger partial charge in [-0.1, -0.05) is 29.3 Å². The first-order valence-electron chi connectivity index (χ1n) is 7.93. The van der Waals surface area contributed by atoms with Gasteiger partial charge in [0.2, 0.25) is 0 Å². The molecule has 0 aliphatic carbocycles. The summed E-state index contributed by atoms with van der Waals surface area (Å²) < 4.78 is 5.52. The number of nitrogens with one attached hydrogen (secondary N) is 1. The molecule has 132 valence electrons. The summed E-state index contributed by atoms with van der Waals surface area (Å²) >= 11 is 11.2. The Hall–Kier alpha value is -1.46. The predicted molar refractivity (Wildman–Crippen MR) is 94.6 cm³/mol. The zero-order chi connectivity index (χ0) is 17.7. The van der Waals surface area contributed by atoms with Crippen molar-refractivity contribution in [2.45, 2.75) is 37.6 Å². The molecule has 1 fully saturated rings. The van der Waals surface area contributed by atoms with Crippen molar-refractivity contribution in [3.05, 3.63) is 29.3 Å². The minimum absolute atomic E-state index is 0.0208. The molecule has 2 rings (SSSR count). The van der Waals surface area contributed by atoms with Gasteiger partial charge in [0.15, 0.2) is 11.4 Å². The van der Waals surface area contributed by atoms with Gasteiger partial charge in [0.25, 0.3) is 11.8 Å². The molecule has 0 spiro atoms. The summed E-state index contributed by atoms with van der Waals surface area (Å²) in [5, 5.41) is 2.94. The van der Waals surface area contributed by atoms with Crippen molar-refractivity contribution in [3.63, 3.8) is 0 Å². The molecule has 1 heterocycles. The average molecular weight is 373 g/mol. The lowest BCUT2D eigenvalue weighted by Crippen LogP contribution is -2.48. The van der Waals surface area contributed by atoms with Crippen molar-refractivity contribution in [1.29, 1.82) is 0 Å². The molecule has 1 saturated heterocycles. The number of alkyl halides is 2. The van der Waals surface area contributed by atoms with Gasteiger partial charge in [0.05, 0.1) is 0 Å². The maximum absolute atomic E-state index is 12.0. The molecule has 1 aromatic carbocycles. The third kappa shape index (κ3) is 5.28. The first-order chi connectivity index (χ1) is 11.4. The Balaban J connectivity index is 1.73. The zero-order valence-corrected chi connectivity index (χ0v) is 15.4. The van der Waals surface area contributed by atoms with E-state index in [0.717, 1.165) is 5.56 Å². The fourth-order valence-electron chi connectivity index (χ4n) is 2.60. The zero-order valence-electron chi connectivity index (χ0n) is 13.9. The smallest absolute Gasteiger partial charge is 0.258 e. The van der Waals surface area contributed by atoms with Crippen LogP contribution in [0.5, 0.6) is 5.75 Å². The van der Waals surface area contributed by atoms with Crippen LogP contribution in [0.15, 0.2) is 18.2 Å². The molecule has 1 aromatic rings. The van der Waals surface area contributed by atoms with E-state index in [1.165, 1.54) is 5.56 Å². The highest BCUT2D eigenvalue weighted by molar-refractivity contribution is 6.53. The third-order valence-corrected chi connectivity index (χ3v) is 4.58. The maximum atomic E-state index is 12.0. The Kier molecular flexibility index (Phi) is 6.75. The molecule has 5 nitrogen and oxygen atoms in total. The maximum Gasteiger partial charge on any atom is 0.258 e. The van der Waals surface area contributed by atoms with Gasteiger partial charge in [0.1, 0.15) is 5.75 Å². The number of amides is 2. The minimum atomic E-state index is -1.03. The summed E-state index contributed by atoms with van der Waals surface area (Å²) in [5.74, 6) is 0.246. The summed E-state index contributed by atoms with van der Waals surface area (Å²) in [6.07, 6.45) is 1.36. The summed E-state index contributed by atoms with van der Waals surface area (Å²) in [6.45, 7) is 5.09. The minimum Gasteiger partial charge on any atom is -0.484 e. The molecule has 1 aliphatic heterocycles. The van der Waals surface area contributed by atoms with Crippen molar-refractivity contribution in [3.8, 4) is 5.75 Å². The van der Waals surface area contributed by atoms with Gasteiger partial charge in [-0.15, -0.1) is 0 Å². The summed E-state index contributed by atoms with van der Waals surface area (Å²) in [7, 11) is 0. The number of rotatable bonds is 5. The normalized spacial score (nSPS) is 15.5. The number of hydrogen-bond donors (Lipinski definition) is 1. The van der Waals surface area contributed by atoms with Crippen LogP contribution in [-0.4, -0.2) is 47.3 Å². The quantitative estimate of drug-likeness (QED) is 0.808. The summed E-state index contributed by atoms with van der Waals surface area (Å²) in [6, 6.07) is 5.78. The molecule has 24 heavy (non-hydrogen) atoms. The van der Waals surface area contributed by atoms with Gasteiger partial charge in [-0.25, -0.2) is 0 Å². The molecule has 0 radical (unpaired) electrons. The highest BCUT2D eigenvalue weighted by Gasteiger charge is 2.26. The van der Waals surface area contributed by atoms with E-state index in [0.29, 0.717) is 31.7 Å². The lowest BCUT2D eigenvalue weighted by Gasteiger charge is -2.32. The fourth-order valence-corrected chi connectivity index (χ4v) is 2.88. The van der Waals surface area contributed by atoms with E-state index in [1.54, 1.807) is 4.90 Å². The lowest BCUT2D eigenvalue weighted by molar-refractivity contribution is -0.130. The van der Waals surface area contributed by atoms with Gasteiger partial charge in [-0.05, 0) is 49.9 Å². The summed E-state index contributed by atoms with van der Waals surface area (Å²) in [5.41, 5.74) is 2.31. The second-order valence-corrected chi connectivity index (χ2v) is 7.10. The number of hydrogen-bond acceptors (Lipinski definition) is 3. The van der Waals surface area contributed by atoms with E-state index in [4.69, 9.17) is 27.9 Å². The average Bonchev–Trinajstić information content (AvgIpc) is 2.56. The van der Waals surface area contributed by atoms with Crippen LogP contribution in [0.1, 0.15) is 24.0 Å². The van der Waals surface area contributed by atoms with E-state index in [-0.39, 0.29) is 24.5 Å². The van der Waals surface area contributed by atoms with Gasteiger partial charge in [-0.3, -0.25) is 9.59 Å². The monoisotopic (exact) mass is 372 g/mol. The summed E-state index contributed by atoms with van der Waals surface area (Å²) in [4.78, 5) is 24.3. The predicted octanol–water partition coefficient (Wildman–Crippen LogP) is 2.59. The molecule has 2 amide bonds. The van der Waals surface area contributed by atoms with Crippen LogP contribution in [0.2, 0.25) is 0 Å². The lowest BCUT2D eigenvalue weighted by atomic mass is 10.1. The highest BCUT2D eigenvalue weighted by Crippen LogP contribution is 2.17. The molecular weight excluding hydrogens is 351 g/mol. The first-order valence-corrected chi connectivity index (χ1v) is 8.80. The van der Waals surface area contributed by atoms with E-state index in [2.05, 4.69) is 5.32 Å². The number of nitrogens with zero attached hydrogens (tertiary/aromatic N) is 1. The number of ether oxygens (including phenoxy) is 1. The van der Waals surface area contributed by atoms with Crippen LogP contribution >= 0.6 is 23.2 Å². The SMILES string of the molecule is Cc1ccc(OCC(=O)NC2CCN(C(=O)C(Cl)Cl)CC2)cc1C. The van der Waals surface area contributed by atoms with E-state index < -0.39 is 4.84 Å². The van der Waals surface area contributed by atoms with Crippen LogP contribution < -0.4 is 10.1 Å². The second-order valence-electron chi connectivity index (χ2n) is 6.00. The van der Waals surface area contributed by atoms with Gasteiger partial charge in [0, 0.05) is 19.1 Å². The van der Waals surface area contributed by atoms with Crippen LogP contribution in [0.25, 0.3) is 0 Å². The van der Waals surface area contributed by atoms with Crippen molar-refractivity contribution in [2.24, 2.45) is 0 Å². The second kappa shape index (κ2) is 8.58. The van der Waals surface area contributed by atoms with Crippen molar-refractivity contribution in [1.82, 2.24) is 10.2 Å². The molecule has 0 unspecified atom stereocenters. The number of carbonyl (C=O) groups excluding carboxylic acids is 2. The van der Waals surface area contributed by atoms with Crippen LogP contribution in [-0.2, 0) is 9.59 Å². The number of carbonyl (C=O) groups is 2. The molecule has 7 heteroatoms. The Labute approximate surface area is 152 Å². The molecule has 1 N–H and O–H groups in total. The molecule has 0 saturated carbocycles. The van der Waals surface area contributed by atoms with E-state index in [9.17, 15) is 9.59 Å². The van der Waals surface area contributed by atoms with E-state index in [1.807, 2.05) is 32.0 Å². The molecule has 0 atom stereocenters. The van der Waals surface area contributed by atoms with Gasteiger partial charge in [-0.2, -0.15) is 0 Å². The third-order valence-electron chi connectivity index (χ3n) is 4.21. The van der Waals surface area contributed by atoms with Crippen LogP contribution in [0, 0.1) is 13.8 Å². The highest BCUT2D eigenvalue weighted by atomic mass is 35.5. The van der Waals surface area contributed by atoms with Crippen LogP contribution in [0.3, 0.4) is 0 Å². The molecule has 0 bridgehead atoms. The van der Waals surface area contributed by atoms with Gasteiger partial charge >= 0.3 is 0 Å². The molecular formula is C17H22Cl2N2O3. The van der Waals surface area contributed by atoms with Crippen molar-refractivity contribution < 1.29 is 14.3 Å². The Morgan fingerprint density at radius 3 is 2.50 bits per heavy atom. The Bertz CT molecular complexity index is 599. The number of aryl methyl sites for hydroxylation is 2. The topological polar surface area (TPSA) is 58.6 Å². The Morgan fingerprint density at radius 2 is 1.92 bits per heavy atom. The number of piperidine rings is 1.